The van der Waals surface area contributed by atoms with Gasteiger partial charge in [-0.3, -0.25) is 4.79 Å². The number of allylic oxidation sites excluding steroid dienone is 1. The van der Waals surface area contributed by atoms with Crippen molar-refractivity contribution in [1.29, 1.82) is 0 Å². The van der Waals surface area contributed by atoms with Crippen LogP contribution in [-0.4, -0.2) is 41.2 Å². The minimum absolute atomic E-state index is 0.0801. The van der Waals surface area contributed by atoms with Crippen molar-refractivity contribution < 1.29 is 23.8 Å². The number of ketones is 1. The van der Waals surface area contributed by atoms with Gasteiger partial charge in [0.25, 0.3) is 0 Å². The fourth-order valence-electron chi connectivity index (χ4n) is 3.87. The van der Waals surface area contributed by atoms with Gasteiger partial charge in [-0.2, -0.15) is 0 Å². The maximum Gasteiger partial charge on any atom is 0.332 e. The van der Waals surface area contributed by atoms with Crippen LogP contribution in [0.5, 0.6) is 0 Å². The van der Waals surface area contributed by atoms with E-state index in [0.717, 1.165) is 17.1 Å². The molecule has 1 aliphatic heterocycles. The highest BCUT2D eigenvalue weighted by Gasteiger charge is 2.45. The maximum atomic E-state index is 13.1. The lowest BCUT2D eigenvalue weighted by Crippen LogP contribution is -2.46. The van der Waals surface area contributed by atoms with Crippen molar-refractivity contribution in [1.82, 2.24) is 4.98 Å². The van der Waals surface area contributed by atoms with E-state index < -0.39 is 5.60 Å². The summed E-state index contributed by atoms with van der Waals surface area (Å²) >= 11 is 1.47. The van der Waals surface area contributed by atoms with Crippen molar-refractivity contribution in [3.8, 4) is 0 Å². The van der Waals surface area contributed by atoms with Crippen LogP contribution in [0.1, 0.15) is 57.7 Å². The van der Waals surface area contributed by atoms with Gasteiger partial charge < -0.3 is 14.2 Å². The summed E-state index contributed by atoms with van der Waals surface area (Å²) in [6.07, 6.45) is 3.38. The first kappa shape index (κ1) is 21.0. The Hall–Kier alpha value is -1.73. The van der Waals surface area contributed by atoms with E-state index >= 15 is 0 Å². The van der Waals surface area contributed by atoms with E-state index in [1.807, 2.05) is 33.1 Å². The molecule has 0 radical (unpaired) electrons. The van der Waals surface area contributed by atoms with E-state index in [2.05, 4.69) is 11.9 Å². The van der Waals surface area contributed by atoms with E-state index in [-0.39, 0.29) is 42.4 Å². The monoisotopic (exact) mass is 407 g/mol. The zero-order valence-electron chi connectivity index (χ0n) is 17.2. The quantitative estimate of drug-likeness (QED) is 0.689. The van der Waals surface area contributed by atoms with Crippen molar-refractivity contribution in [2.45, 2.75) is 71.7 Å². The van der Waals surface area contributed by atoms with Crippen molar-refractivity contribution in [3.63, 3.8) is 0 Å². The van der Waals surface area contributed by atoms with Crippen molar-refractivity contribution in [3.05, 3.63) is 22.3 Å². The van der Waals surface area contributed by atoms with Gasteiger partial charge in [-0.25, -0.2) is 9.78 Å². The first-order valence-electron chi connectivity index (χ1n) is 9.83. The van der Waals surface area contributed by atoms with Gasteiger partial charge in [0, 0.05) is 17.5 Å². The second-order valence-electron chi connectivity index (χ2n) is 8.55. The van der Waals surface area contributed by atoms with Gasteiger partial charge in [0.1, 0.15) is 23.3 Å². The van der Waals surface area contributed by atoms with Crippen LogP contribution >= 0.6 is 11.3 Å². The van der Waals surface area contributed by atoms with Crippen molar-refractivity contribution in [2.24, 2.45) is 11.8 Å². The molecule has 0 spiro atoms. The highest BCUT2D eigenvalue weighted by Crippen LogP contribution is 2.41. The summed E-state index contributed by atoms with van der Waals surface area (Å²) in [6, 6.07) is 0. The molecule has 2 heterocycles. The topological polar surface area (TPSA) is 74.7 Å². The van der Waals surface area contributed by atoms with Gasteiger partial charge in [0.05, 0.1) is 23.9 Å². The summed E-state index contributed by atoms with van der Waals surface area (Å²) in [5.74, 6) is -0.245. The van der Waals surface area contributed by atoms with E-state index in [1.54, 1.807) is 6.26 Å². The smallest absolute Gasteiger partial charge is 0.332 e. The Morgan fingerprint density at radius 1 is 1.36 bits per heavy atom. The second kappa shape index (κ2) is 8.33. The standard InChI is InChI=1S/C21H29NO5S/c1-6-13-7-14-17(8-16(13)26-10-18(23)27-21(3,4)5)25-9-15(19(14)24)20-22-12(2)11-28-20/h9,11,13-14,16-17H,6-8,10H2,1-5H3. The number of rotatable bonds is 5. The molecule has 1 aromatic rings. The molecule has 6 nitrogen and oxygen atoms in total. The van der Waals surface area contributed by atoms with Gasteiger partial charge >= 0.3 is 5.97 Å². The van der Waals surface area contributed by atoms with E-state index in [0.29, 0.717) is 18.4 Å². The van der Waals surface area contributed by atoms with Crippen LogP contribution in [0.25, 0.3) is 5.57 Å². The summed E-state index contributed by atoms with van der Waals surface area (Å²) < 4.78 is 17.1. The zero-order chi connectivity index (χ0) is 20.5. The van der Waals surface area contributed by atoms with Crippen LogP contribution < -0.4 is 0 Å². The Morgan fingerprint density at radius 2 is 2.11 bits per heavy atom. The molecule has 2 aliphatic rings. The molecule has 1 aromatic heterocycles. The largest absolute Gasteiger partial charge is 0.496 e. The Balaban J connectivity index is 1.66. The fourth-order valence-corrected chi connectivity index (χ4v) is 4.68. The van der Waals surface area contributed by atoms with Gasteiger partial charge in [0.2, 0.25) is 0 Å². The lowest BCUT2D eigenvalue weighted by Gasteiger charge is -2.41. The molecule has 28 heavy (non-hydrogen) atoms. The number of fused-ring (bicyclic) bond motifs is 1. The first-order chi connectivity index (χ1) is 13.2. The maximum absolute atomic E-state index is 13.1. The lowest BCUT2D eigenvalue weighted by atomic mass is 9.72. The molecular formula is C21H29NO5S. The summed E-state index contributed by atoms with van der Waals surface area (Å²) in [5.41, 5.74) is 0.945. The molecular weight excluding hydrogens is 378 g/mol. The molecule has 4 unspecified atom stereocenters. The number of carbonyl (C=O) groups excluding carboxylic acids is 2. The van der Waals surface area contributed by atoms with Gasteiger partial charge in [-0.15, -0.1) is 11.3 Å². The predicted molar refractivity (Wildman–Crippen MR) is 107 cm³/mol. The Kier molecular flexibility index (Phi) is 6.25. The summed E-state index contributed by atoms with van der Waals surface area (Å²) in [6.45, 7) is 9.42. The third-order valence-corrected chi connectivity index (χ3v) is 6.16. The third-order valence-electron chi connectivity index (χ3n) is 5.17. The third kappa shape index (κ3) is 4.81. The van der Waals surface area contributed by atoms with Crippen LogP contribution in [0.2, 0.25) is 0 Å². The van der Waals surface area contributed by atoms with E-state index in [4.69, 9.17) is 14.2 Å². The Morgan fingerprint density at radius 3 is 2.71 bits per heavy atom. The van der Waals surface area contributed by atoms with Gasteiger partial charge in [0.15, 0.2) is 5.78 Å². The van der Waals surface area contributed by atoms with Gasteiger partial charge in [-0.05, 0) is 40.0 Å². The SMILES string of the molecule is CCC1CC2C(=O)C(c3nc(C)cs3)=COC2CC1OCC(=O)OC(C)(C)C. The summed E-state index contributed by atoms with van der Waals surface area (Å²) in [4.78, 5) is 29.5. The fraction of sp³-hybridized carbons (Fsp3) is 0.667. The number of nitrogens with zero attached hydrogens (tertiary/aromatic N) is 1. The number of hydrogen-bond donors (Lipinski definition) is 0. The number of esters is 1. The minimum atomic E-state index is -0.531. The molecule has 0 saturated heterocycles. The Bertz CT molecular complexity index is 763. The molecule has 0 N–H and O–H groups in total. The molecule has 1 fully saturated rings. The van der Waals surface area contributed by atoms with Crippen molar-refractivity contribution >= 4 is 28.7 Å². The zero-order valence-corrected chi connectivity index (χ0v) is 18.0. The molecule has 3 rings (SSSR count). The highest BCUT2D eigenvalue weighted by molar-refractivity contribution is 7.11. The highest BCUT2D eigenvalue weighted by atomic mass is 32.1. The lowest BCUT2D eigenvalue weighted by molar-refractivity contribution is -0.167. The van der Waals surface area contributed by atoms with Crippen LogP contribution in [0.3, 0.4) is 0 Å². The molecule has 7 heteroatoms. The number of Topliss-reactive ketones (excluding diaryl/α,β-unsaturated/α-hetero) is 1. The number of hydrogen-bond acceptors (Lipinski definition) is 7. The van der Waals surface area contributed by atoms with Gasteiger partial charge in [-0.1, -0.05) is 13.3 Å². The van der Waals surface area contributed by atoms with Crippen LogP contribution in [-0.2, 0) is 23.8 Å². The van der Waals surface area contributed by atoms with Crippen LogP contribution in [0.4, 0.5) is 0 Å². The molecule has 0 aromatic carbocycles. The van der Waals surface area contributed by atoms with Crippen LogP contribution in [0, 0.1) is 18.8 Å². The average molecular weight is 408 g/mol. The molecule has 0 bridgehead atoms. The number of carbonyl (C=O) groups is 2. The summed E-state index contributed by atoms with van der Waals surface area (Å²) in [7, 11) is 0. The number of thiazole rings is 1. The molecule has 4 atom stereocenters. The van der Waals surface area contributed by atoms with Crippen molar-refractivity contribution in [2.75, 3.05) is 6.61 Å². The average Bonchev–Trinajstić information content (AvgIpc) is 3.04. The number of ether oxygens (including phenoxy) is 3. The Labute approximate surface area is 170 Å². The first-order valence-corrected chi connectivity index (χ1v) is 10.7. The number of aromatic nitrogens is 1. The normalized spacial score (nSPS) is 27.6. The summed E-state index contributed by atoms with van der Waals surface area (Å²) in [5, 5.41) is 2.66. The molecule has 154 valence electrons. The van der Waals surface area contributed by atoms with E-state index in [1.165, 1.54) is 11.3 Å². The van der Waals surface area contributed by atoms with Crippen LogP contribution in [0.15, 0.2) is 11.6 Å². The number of aryl methyl sites for hydroxylation is 1. The minimum Gasteiger partial charge on any atom is -0.496 e. The molecule has 1 saturated carbocycles. The predicted octanol–water partition coefficient (Wildman–Crippen LogP) is 3.92. The second-order valence-corrected chi connectivity index (χ2v) is 9.40. The molecule has 0 amide bonds. The van der Waals surface area contributed by atoms with E-state index in [9.17, 15) is 9.59 Å². The molecule has 1 aliphatic carbocycles.